The highest BCUT2D eigenvalue weighted by Gasteiger charge is 2.46. The number of likely N-dealkylation sites (tertiary alicyclic amines) is 1. The number of benzene rings is 2. The number of nitrogens with zero attached hydrogens (tertiary/aromatic N) is 2. The van der Waals surface area contributed by atoms with Gasteiger partial charge in [0, 0.05) is 31.7 Å². The fraction of sp³-hybridized carbons (Fsp3) is 0.515. The Morgan fingerprint density at radius 2 is 1.69 bits per heavy atom. The van der Waals surface area contributed by atoms with Gasteiger partial charge in [-0.2, -0.15) is 0 Å². The molecule has 1 unspecified atom stereocenters. The number of morpholine rings is 1. The Hall–Kier alpha value is -3.56. The maximum absolute atomic E-state index is 13.5. The van der Waals surface area contributed by atoms with Gasteiger partial charge in [-0.05, 0) is 67.6 Å². The highest BCUT2D eigenvalue weighted by atomic mass is 16.5. The summed E-state index contributed by atoms with van der Waals surface area (Å²) >= 11 is 0. The molecule has 2 fully saturated rings. The molecule has 0 saturated carbocycles. The third kappa shape index (κ3) is 7.63. The predicted molar refractivity (Wildman–Crippen MR) is 161 cm³/mol. The smallest absolute Gasteiger partial charge is 0.295 e. The van der Waals surface area contributed by atoms with Crippen LogP contribution in [0.25, 0.3) is 5.76 Å². The van der Waals surface area contributed by atoms with Gasteiger partial charge in [-0.3, -0.25) is 14.5 Å². The van der Waals surface area contributed by atoms with Crippen LogP contribution in [0.5, 0.6) is 17.2 Å². The molecule has 2 aromatic rings. The molecule has 2 heterocycles. The van der Waals surface area contributed by atoms with Gasteiger partial charge < -0.3 is 29.0 Å². The van der Waals surface area contributed by atoms with E-state index in [9.17, 15) is 14.7 Å². The molecular formula is C33H44N2O7. The zero-order valence-electron chi connectivity index (χ0n) is 25.3. The van der Waals surface area contributed by atoms with Gasteiger partial charge in [0.1, 0.15) is 11.5 Å². The van der Waals surface area contributed by atoms with E-state index < -0.39 is 17.7 Å². The van der Waals surface area contributed by atoms with E-state index in [4.69, 9.17) is 18.9 Å². The monoisotopic (exact) mass is 580 g/mol. The number of amides is 1. The fourth-order valence-corrected chi connectivity index (χ4v) is 5.10. The van der Waals surface area contributed by atoms with E-state index in [2.05, 4.69) is 18.7 Å². The minimum atomic E-state index is -0.786. The number of ether oxygens (including phenoxy) is 4. The molecule has 0 radical (unpaired) electrons. The van der Waals surface area contributed by atoms with E-state index in [0.29, 0.717) is 80.4 Å². The van der Waals surface area contributed by atoms with Gasteiger partial charge in [0.15, 0.2) is 11.5 Å². The van der Waals surface area contributed by atoms with Crippen molar-refractivity contribution in [1.82, 2.24) is 9.80 Å². The van der Waals surface area contributed by atoms with Crippen molar-refractivity contribution < 1.29 is 33.6 Å². The first-order chi connectivity index (χ1) is 20.3. The highest BCUT2D eigenvalue weighted by molar-refractivity contribution is 6.46. The Morgan fingerprint density at radius 1 is 0.952 bits per heavy atom. The third-order valence-electron chi connectivity index (χ3n) is 7.44. The standard InChI is InChI=1S/C33H44N2O7/c1-5-18-41-26-10-7-24(8-11-26)31(36)29-30(35(33(38)32(29)37)15-14-34-16-20-39-21-17-34)25-9-12-27(28(22-25)40-6-2)42-19-13-23(3)4/h7-12,22-23,30,36H,5-6,13-21H2,1-4H3/b31-29+. The average Bonchev–Trinajstić information content (AvgIpc) is 3.25. The van der Waals surface area contributed by atoms with Gasteiger partial charge in [0.25, 0.3) is 11.7 Å². The Labute approximate surface area is 249 Å². The second-order valence-corrected chi connectivity index (χ2v) is 11.0. The summed E-state index contributed by atoms with van der Waals surface area (Å²) in [5, 5.41) is 11.5. The molecule has 42 heavy (non-hydrogen) atoms. The molecule has 2 saturated heterocycles. The van der Waals surface area contributed by atoms with Crippen LogP contribution in [0.1, 0.15) is 57.7 Å². The number of aliphatic hydroxyl groups excluding tert-OH is 1. The molecule has 228 valence electrons. The number of ketones is 1. The molecule has 4 rings (SSSR count). The lowest BCUT2D eigenvalue weighted by Crippen LogP contribution is -2.42. The van der Waals surface area contributed by atoms with Crippen LogP contribution in [0.4, 0.5) is 0 Å². The topological polar surface area (TPSA) is 97.8 Å². The van der Waals surface area contributed by atoms with E-state index in [-0.39, 0.29) is 11.3 Å². The number of carbonyl (C=O) groups is 2. The van der Waals surface area contributed by atoms with Crippen LogP contribution in [-0.4, -0.2) is 85.8 Å². The van der Waals surface area contributed by atoms with Gasteiger partial charge in [-0.25, -0.2) is 0 Å². The summed E-state index contributed by atoms with van der Waals surface area (Å²) in [5.41, 5.74) is 1.16. The van der Waals surface area contributed by atoms with Gasteiger partial charge in [0.2, 0.25) is 0 Å². The van der Waals surface area contributed by atoms with E-state index in [1.54, 1.807) is 29.2 Å². The SMILES string of the molecule is CCCOc1ccc(/C(O)=C2\C(=O)C(=O)N(CCN3CCOCC3)C2c2ccc(OCCC(C)C)c(OCC)c2)cc1. The maximum Gasteiger partial charge on any atom is 0.295 e. The van der Waals surface area contributed by atoms with E-state index in [1.807, 2.05) is 32.0 Å². The van der Waals surface area contributed by atoms with Crippen LogP contribution in [0.15, 0.2) is 48.0 Å². The van der Waals surface area contributed by atoms with Crippen LogP contribution in [0.3, 0.4) is 0 Å². The molecule has 2 aliphatic rings. The number of hydrogen-bond acceptors (Lipinski definition) is 8. The first-order valence-corrected chi connectivity index (χ1v) is 15.0. The van der Waals surface area contributed by atoms with Crippen LogP contribution in [0.2, 0.25) is 0 Å². The molecule has 0 aromatic heterocycles. The molecule has 1 atom stereocenters. The predicted octanol–water partition coefficient (Wildman–Crippen LogP) is 5.05. The number of aliphatic hydroxyl groups is 1. The van der Waals surface area contributed by atoms with Crippen molar-refractivity contribution in [2.75, 3.05) is 59.2 Å². The lowest BCUT2D eigenvalue weighted by molar-refractivity contribution is -0.140. The summed E-state index contributed by atoms with van der Waals surface area (Å²) in [6, 6.07) is 11.6. The molecule has 1 amide bonds. The quantitative estimate of drug-likeness (QED) is 0.188. The minimum Gasteiger partial charge on any atom is -0.507 e. The summed E-state index contributed by atoms with van der Waals surface area (Å²) < 4.78 is 23.1. The first kappa shape index (κ1) is 31.4. The average molecular weight is 581 g/mol. The Bertz CT molecular complexity index is 1240. The molecular weight excluding hydrogens is 536 g/mol. The third-order valence-corrected chi connectivity index (χ3v) is 7.44. The van der Waals surface area contributed by atoms with Crippen LogP contribution in [-0.2, 0) is 14.3 Å². The van der Waals surface area contributed by atoms with Crippen LogP contribution >= 0.6 is 0 Å². The van der Waals surface area contributed by atoms with Gasteiger partial charge in [0.05, 0.1) is 44.6 Å². The minimum absolute atomic E-state index is 0.0557. The van der Waals surface area contributed by atoms with Crippen molar-refractivity contribution in [2.45, 2.75) is 46.6 Å². The number of carbonyl (C=O) groups excluding carboxylic acids is 2. The molecule has 2 aliphatic heterocycles. The molecule has 0 bridgehead atoms. The van der Waals surface area contributed by atoms with Gasteiger partial charge in [-0.15, -0.1) is 0 Å². The van der Waals surface area contributed by atoms with Crippen molar-refractivity contribution in [1.29, 1.82) is 0 Å². The van der Waals surface area contributed by atoms with Crippen molar-refractivity contribution >= 4 is 17.4 Å². The summed E-state index contributed by atoms with van der Waals surface area (Å²) in [6.07, 6.45) is 1.78. The second-order valence-electron chi connectivity index (χ2n) is 11.0. The van der Waals surface area contributed by atoms with Crippen molar-refractivity contribution in [2.24, 2.45) is 5.92 Å². The van der Waals surface area contributed by atoms with Crippen LogP contribution in [0, 0.1) is 5.92 Å². The van der Waals surface area contributed by atoms with Crippen molar-refractivity contribution in [3.05, 3.63) is 59.2 Å². The molecule has 0 spiro atoms. The van der Waals surface area contributed by atoms with E-state index >= 15 is 0 Å². The Balaban J connectivity index is 1.72. The molecule has 2 aromatic carbocycles. The van der Waals surface area contributed by atoms with Crippen LogP contribution < -0.4 is 14.2 Å². The maximum atomic E-state index is 13.5. The fourth-order valence-electron chi connectivity index (χ4n) is 5.10. The highest BCUT2D eigenvalue weighted by Crippen LogP contribution is 2.42. The van der Waals surface area contributed by atoms with Gasteiger partial charge >= 0.3 is 0 Å². The zero-order valence-corrected chi connectivity index (χ0v) is 25.3. The van der Waals surface area contributed by atoms with Gasteiger partial charge in [-0.1, -0.05) is 26.8 Å². The molecule has 1 N–H and O–H groups in total. The molecule has 0 aliphatic carbocycles. The zero-order chi connectivity index (χ0) is 30.1. The van der Waals surface area contributed by atoms with E-state index in [0.717, 1.165) is 25.9 Å². The lowest BCUT2D eigenvalue weighted by Gasteiger charge is -2.31. The van der Waals surface area contributed by atoms with E-state index in [1.165, 1.54) is 0 Å². The normalized spacial score (nSPS) is 19.0. The second kappa shape index (κ2) is 15.1. The Kier molecular flexibility index (Phi) is 11.3. The largest absolute Gasteiger partial charge is 0.507 e. The first-order valence-electron chi connectivity index (χ1n) is 15.0. The summed E-state index contributed by atoms with van der Waals surface area (Å²) in [6.45, 7) is 13.5. The molecule has 9 nitrogen and oxygen atoms in total. The molecule has 9 heteroatoms. The lowest BCUT2D eigenvalue weighted by atomic mass is 9.95. The van der Waals surface area contributed by atoms with Crippen molar-refractivity contribution in [3.63, 3.8) is 0 Å². The Morgan fingerprint density at radius 3 is 2.36 bits per heavy atom. The summed E-state index contributed by atoms with van der Waals surface area (Å²) in [4.78, 5) is 30.8. The number of Topliss-reactive ketones (excluding diaryl/α,β-unsaturated/α-hetero) is 1. The summed E-state index contributed by atoms with van der Waals surface area (Å²) in [5.74, 6) is 0.756. The number of hydrogen-bond donors (Lipinski definition) is 1. The number of rotatable bonds is 14. The summed E-state index contributed by atoms with van der Waals surface area (Å²) in [7, 11) is 0. The van der Waals surface area contributed by atoms with Crippen molar-refractivity contribution in [3.8, 4) is 17.2 Å².